The van der Waals surface area contributed by atoms with Gasteiger partial charge in [-0.05, 0) is 36.8 Å². The zero-order valence-corrected chi connectivity index (χ0v) is 10.7. The summed E-state index contributed by atoms with van der Waals surface area (Å²) in [6.45, 7) is 1.67. The molecule has 4 nitrogen and oxygen atoms in total. The van der Waals surface area contributed by atoms with Crippen molar-refractivity contribution < 1.29 is 14.3 Å². The van der Waals surface area contributed by atoms with Crippen LogP contribution in [0.25, 0.3) is 16.7 Å². The summed E-state index contributed by atoms with van der Waals surface area (Å²) in [4.78, 5) is 15.5. The van der Waals surface area contributed by atoms with Gasteiger partial charge in [0.15, 0.2) is 0 Å². The number of imidazole rings is 1. The molecular formula is C15H11FN2O2. The molecule has 2 aromatic carbocycles. The molecule has 0 atom stereocenters. The normalized spacial score (nSPS) is 10.9. The lowest BCUT2D eigenvalue weighted by atomic mass is 10.1. The number of para-hydroxylation sites is 1. The van der Waals surface area contributed by atoms with Crippen molar-refractivity contribution in [1.82, 2.24) is 9.55 Å². The van der Waals surface area contributed by atoms with Gasteiger partial charge in [-0.2, -0.15) is 0 Å². The van der Waals surface area contributed by atoms with E-state index in [1.54, 1.807) is 35.8 Å². The largest absolute Gasteiger partial charge is 0.478 e. The number of carbonyl (C=O) groups is 1. The zero-order chi connectivity index (χ0) is 14.3. The number of hydrogen-bond acceptors (Lipinski definition) is 2. The second-order valence-electron chi connectivity index (χ2n) is 4.53. The summed E-state index contributed by atoms with van der Waals surface area (Å²) in [6.07, 6.45) is 1.50. The van der Waals surface area contributed by atoms with Crippen LogP contribution in [-0.2, 0) is 0 Å². The number of aromatic carboxylic acids is 1. The van der Waals surface area contributed by atoms with Crippen molar-refractivity contribution in [3.63, 3.8) is 0 Å². The first-order chi connectivity index (χ1) is 9.58. The Bertz CT molecular complexity index is 824. The number of rotatable bonds is 2. The van der Waals surface area contributed by atoms with Crippen LogP contribution in [0.3, 0.4) is 0 Å². The summed E-state index contributed by atoms with van der Waals surface area (Å²) in [5.41, 5.74) is 2.25. The molecule has 20 heavy (non-hydrogen) atoms. The molecule has 3 aromatic rings. The predicted octanol–water partition coefficient (Wildman–Crippen LogP) is 3.17. The molecule has 1 N–H and O–H groups in total. The third-order valence-electron chi connectivity index (χ3n) is 3.23. The van der Waals surface area contributed by atoms with Gasteiger partial charge in [0.2, 0.25) is 0 Å². The van der Waals surface area contributed by atoms with E-state index in [2.05, 4.69) is 4.98 Å². The van der Waals surface area contributed by atoms with E-state index < -0.39 is 5.97 Å². The molecule has 0 radical (unpaired) electrons. The fourth-order valence-corrected chi connectivity index (χ4v) is 2.17. The van der Waals surface area contributed by atoms with Crippen LogP contribution in [-0.4, -0.2) is 20.6 Å². The Kier molecular flexibility index (Phi) is 2.75. The zero-order valence-electron chi connectivity index (χ0n) is 10.7. The average molecular weight is 270 g/mol. The van der Waals surface area contributed by atoms with Crippen molar-refractivity contribution in [2.45, 2.75) is 6.92 Å². The summed E-state index contributed by atoms with van der Waals surface area (Å²) in [5.74, 6) is -1.37. The quantitative estimate of drug-likeness (QED) is 0.778. The first-order valence-electron chi connectivity index (χ1n) is 6.04. The van der Waals surface area contributed by atoms with E-state index in [-0.39, 0.29) is 11.4 Å². The minimum absolute atomic E-state index is 0.140. The number of benzene rings is 2. The molecule has 0 aliphatic heterocycles. The van der Waals surface area contributed by atoms with Gasteiger partial charge >= 0.3 is 5.97 Å². The fraction of sp³-hybridized carbons (Fsp3) is 0.0667. The summed E-state index contributed by atoms with van der Waals surface area (Å²) in [7, 11) is 0. The van der Waals surface area contributed by atoms with E-state index in [1.165, 1.54) is 18.5 Å². The topological polar surface area (TPSA) is 55.1 Å². The number of nitrogens with zero attached hydrogens (tertiary/aromatic N) is 2. The second kappa shape index (κ2) is 4.45. The van der Waals surface area contributed by atoms with Crippen molar-refractivity contribution in [2.24, 2.45) is 0 Å². The maximum Gasteiger partial charge on any atom is 0.337 e. The summed E-state index contributed by atoms with van der Waals surface area (Å²) in [6, 6.07) is 9.63. The van der Waals surface area contributed by atoms with Gasteiger partial charge in [0.05, 0.1) is 22.3 Å². The Labute approximate surface area is 114 Å². The molecule has 1 heterocycles. The molecule has 1 aromatic heterocycles. The van der Waals surface area contributed by atoms with Gasteiger partial charge in [0.1, 0.15) is 12.1 Å². The van der Waals surface area contributed by atoms with Gasteiger partial charge in [-0.3, -0.25) is 4.57 Å². The number of carboxylic acids is 1. The standard InChI is InChI=1S/C15H11FN2O2/c1-9-5-6-10(7-12(9)16)18-8-17-13-4-2-3-11(14(13)18)15(19)20/h2-8H,1H3,(H,19,20). The number of carboxylic acid groups (broad SMARTS) is 1. The van der Waals surface area contributed by atoms with Crippen molar-refractivity contribution >= 4 is 17.0 Å². The minimum atomic E-state index is -1.04. The van der Waals surface area contributed by atoms with E-state index in [4.69, 9.17) is 0 Å². The van der Waals surface area contributed by atoms with Crippen LogP contribution >= 0.6 is 0 Å². The average Bonchev–Trinajstić information content (AvgIpc) is 2.85. The van der Waals surface area contributed by atoms with Crippen LogP contribution in [0.15, 0.2) is 42.7 Å². The van der Waals surface area contributed by atoms with Crippen LogP contribution in [0.4, 0.5) is 4.39 Å². The van der Waals surface area contributed by atoms with E-state index in [0.29, 0.717) is 22.3 Å². The van der Waals surface area contributed by atoms with Gasteiger partial charge in [-0.25, -0.2) is 14.2 Å². The van der Waals surface area contributed by atoms with Crippen molar-refractivity contribution in [2.75, 3.05) is 0 Å². The molecule has 100 valence electrons. The van der Waals surface area contributed by atoms with Crippen LogP contribution in [0.1, 0.15) is 15.9 Å². The maximum atomic E-state index is 13.7. The lowest BCUT2D eigenvalue weighted by Gasteiger charge is -2.07. The lowest BCUT2D eigenvalue weighted by molar-refractivity contribution is 0.0698. The SMILES string of the molecule is Cc1ccc(-n2cnc3cccc(C(=O)O)c32)cc1F. The van der Waals surface area contributed by atoms with Gasteiger partial charge in [0.25, 0.3) is 0 Å². The van der Waals surface area contributed by atoms with Crippen LogP contribution in [0.5, 0.6) is 0 Å². The minimum Gasteiger partial charge on any atom is -0.478 e. The number of hydrogen-bond donors (Lipinski definition) is 1. The second-order valence-corrected chi connectivity index (χ2v) is 4.53. The van der Waals surface area contributed by atoms with Gasteiger partial charge in [-0.15, -0.1) is 0 Å². The number of fused-ring (bicyclic) bond motifs is 1. The molecule has 0 unspecified atom stereocenters. The van der Waals surface area contributed by atoms with Crippen LogP contribution in [0.2, 0.25) is 0 Å². The summed E-state index contributed by atoms with van der Waals surface area (Å²) < 4.78 is 15.3. The molecule has 0 saturated heterocycles. The Balaban J connectivity index is 2.31. The lowest BCUT2D eigenvalue weighted by Crippen LogP contribution is -2.02. The molecule has 3 rings (SSSR count). The van der Waals surface area contributed by atoms with Gasteiger partial charge in [-0.1, -0.05) is 12.1 Å². The van der Waals surface area contributed by atoms with Crippen molar-refractivity contribution in [3.05, 3.63) is 59.7 Å². The Morgan fingerprint density at radius 1 is 1.30 bits per heavy atom. The fourth-order valence-electron chi connectivity index (χ4n) is 2.17. The molecular weight excluding hydrogens is 259 g/mol. The molecule has 0 bridgehead atoms. The number of aryl methyl sites for hydroxylation is 1. The molecule has 0 aliphatic carbocycles. The predicted molar refractivity (Wildman–Crippen MR) is 72.7 cm³/mol. The van der Waals surface area contributed by atoms with Crippen molar-refractivity contribution in [3.8, 4) is 5.69 Å². The monoisotopic (exact) mass is 270 g/mol. The molecule has 5 heteroatoms. The number of aromatic nitrogens is 2. The first kappa shape index (κ1) is 12.3. The van der Waals surface area contributed by atoms with Gasteiger partial charge in [0, 0.05) is 0 Å². The Morgan fingerprint density at radius 2 is 2.10 bits per heavy atom. The summed E-state index contributed by atoms with van der Waals surface area (Å²) in [5, 5.41) is 9.26. The molecule has 0 aliphatic rings. The van der Waals surface area contributed by atoms with E-state index in [0.717, 1.165) is 0 Å². The molecule has 0 amide bonds. The van der Waals surface area contributed by atoms with E-state index >= 15 is 0 Å². The highest BCUT2D eigenvalue weighted by molar-refractivity contribution is 6.01. The van der Waals surface area contributed by atoms with E-state index in [9.17, 15) is 14.3 Å². The Morgan fingerprint density at radius 3 is 2.80 bits per heavy atom. The highest BCUT2D eigenvalue weighted by Gasteiger charge is 2.14. The smallest absolute Gasteiger partial charge is 0.337 e. The molecule has 0 spiro atoms. The first-order valence-corrected chi connectivity index (χ1v) is 6.04. The third kappa shape index (κ3) is 1.84. The molecule has 0 saturated carbocycles. The third-order valence-corrected chi connectivity index (χ3v) is 3.23. The highest BCUT2D eigenvalue weighted by Crippen LogP contribution is 2.23. The number of halogens is 1. The van der Waals surface area contributed by atoms with Crippen molar-refractivity contribution in [1.29, 1.82) is 0 Å². The van der Waals surface area contributed by atoms with Crippen LogP contribution in [0, 0.1) is 12.7 Å². The van der Waals surface area contributed by atoms with Crippen LogP contribution < -0.4 is 0 Å². The Hall–Kier alpha value is -2.69. The highest BCUT2D eigenvalue weighted by atomic mass is 19.1. The molecule has 0 fully saturated rings. The van der Waals surface area contributed by atoms with E-state index in [1.807, 2.05) is 0 Å². The van der Waals surface area contributed by atoms with Gasteiger partial charge < -0.3 is 5.11 Å². The maximum absolute atomic E-state index is 13.7. The summed E-state index contributed by atoms with van der Waals surface area (Å²) >= 11 is 0.